The summed E-state index contributed by atoms with van der Waals surface area (Å²) < 4.78 is 0. The van der Waals surface area contributed by atoms with E-state index >= 15 is 0 Å². The van der Waals surface area contributed by atoms with Crippen LogP contribution in [0.5, 0.6) is 0 Å². The highest BCUT2D eigenvalue weighted by molar-refractivity contribution is 6.29. The summed E-state index contributed by atoms with van der Waals surface area (Å²) >= 11 is 5.63. The van der Waals surface area contributed by atoms with Crippen LogP contribution < -0.4 is 5.73 Å². The summed E-state index contributed by atoms with van der Waals surface area (Å²) in [6.45, 7) is 0. The van der Waals surface area contributed by atoms with Gasteiger partial charge in [0.15, 0.2) is 5.78 Å². The van der Waals surface area contributed by atoms with E-state index in [1.165, 1.54) is 18.6 Å². The second kappa shape index (κ2) is 4.28. The minimum atomic E-state index is -0.213. The molecule has 0 aliphatic heterocycles. The number of nitrogen functional groups attached to an aromatic ring is 1. The van der Waals surface area contributed by atoms with Crippen molar-refractivity contribution < 1.29 is 4.79 Å². The molecular weight excluding hydrogens is 226 g/mol. The van der Waals surface area contributed by atoms with E-state index in [0.29, 0.717) is 22.0 Å². The second-order valence-corrected chi connectivity index (χ2v) is 3.55. The maximum atomic E-state index is 12.0. The fourth-order valence-corrected chi connectivity index (χ4v) is 1.37. The molecule has 0 aromatic carbocycles. The van der Waals surface area contributed by atoms with Gasteiger partial charge in [0.05, 0.1) is 5.56 Å². The Morgan fingerprint density at radius 1 is 1.25 bits per heavy atom. The number of aromatic nitrogens is 2. The van der Waals surface area contributed by atoms with Crippen LogP contribution in [0.4, 0.5) is 5.69 Å². The highest BCUT2D eigenvalue weighted by atomic mass is 35.5. The Bertz CT molecular complexity index is 525. The molecule has 0 saturated heterocycles. The fourth-order valence-electron chi connectivity index (χ4n) is 1.26. The van der Waals surface area contributed by atoms with Crippen molar-refractivity contribution in [3.63, 3.8) is 0 Å². The molecule has 0 fully saturated rings. The summed E-state index contributed by atoms with van der Waals surface area (Å²) in [6.07, 6.45) is 4.38. The van der Waals surface area contributed by atoms with Crippen molar-refractivity contribution in [2.45, 2.75) is 0 Å². The molecule has 2 heterocycles. The number of nitrogens with two attached hydrogens (primary N) is 1. The van der Waals surface area contributed by atoms with Gasteiger partial charge >= 0.3 is 0 Å². The van der Waals surface area contributed by atoms with Gasteiger partial charge in [0.1, 0.15) is 5.15 Å². The molecule has 0 saturated carbocycles. The van der Waals surface area contributed by atoms with Gasteiger partial charge < -0.3 is 5.73 Å². The molecule has 80 valence electrons. The summed E-state index contributed by atoms with van der Waals surface area (Å²) in [5.74, 6) is -0.213. The van der Waals surface area contributed by atoms with Crippen LogP contribution in [0, 0.1) is 0 Å². The van der Waals surface area contributed by atoms with Gasteiger partial charge in [-0.2, -0.15) is 0 Å². The lowest BCUT2D eigenvalue weighted by Gasteiger charge is -2.03. The van der Waals surface area contributed by atoms with Gasteiger partial charge in [-0.15, -0.1) is 0 Å². The van der Waals surface area contributed by atoms with Crippen molar-refractivity contribution in [2.75, 3.05) is 5.73 Å². The van der Waals surface area contributed by atoms with Crippen LogP contribution in [0.2, 0.25) is 5.15 Å². The SMILES string of the molecule is Nc1ccncc1C(=O)c1ccc(Cl)nc1. The maximum Gasteiger partial charge on any atom is 0.198 e. The molecule has 0 amide bonds. The Morgan fingerprint density at radius 2 is 2.06 bits per heavy atom. The van der Waals surface area contributed by atoms with E-state index in [1.54, 1.807) is 18.2 Å². The van der Waals surface area contributed by atoms with Crippen molar-refractivity contribution in [2.24, 2.45) is 0 Å². The van der Waals surface area contributed by atoms with Gasteiger partial charge in [-0.3, -0.25) is 9.78 Å². The number of pyridine rings is 2. The molecule has 4 nitrogen and oxygen atoms in total. The van der Waals surface area contributed by atoms with E-state index in [-0.39, 0.29) is 5.78 Å². The first kappa shape index (κ1) is 10.6. The highest BCUT2D eigenvalue weighted by Gasteiger charge is 2.12. The number of hydrogen-bond acceptors (Lipinski definition) is 4. The lowest BCUT2D eigenvalue weighted by Crippen LogP contribution is -2.06. The van der Waals surface area contributed by atoms with Gasteiger partial charge in [-0.25, -0.2) is 4.98 Å². The highest BCUT2D eigenvalue weighted by Crippen LogP contribution is 2.15. The molecule has 0 aliphatic rings. The molecule has 5 heteroatoms. The first-order valence-electron chi connectivity index (χ1n) is 4.54. The van der Waals surface area contributed by atoms with E-state index in [0.717, 1.165) is 0 Å². The second-order valence-electron chi connectivity index (χ2n) is 3.16. The van der Waals surface area contributed by atoms with E-state index < -0.39 is 0 Å². The first-order chi connectivity index (χ1) is 7.68. The van der Waals surface area contributed by atoms with Crippen molar-refractivity contribution in [1.29, 1.82) is 0 Å². The Labute approximate surface area is 97.1 Å². The molecule has 16 heavy (non-hydrogen) atoms. The third kappa shape index (κ3) is 2.01. The number of nitrogens with zero attached hydrogens (tertiary/aromatic N) is 2. The summed E-state index contributed by atoms with van der Waals surface area (Å²) in [7, 11) is 0. The van der Waals surface area contributed by atoms with Gasteiger partial charge in [0, 0.05) is 29.8 Å². The van der Waals surface area contributed by atoms with Crippen molar-refractivity contribution in [3.05, 3.63) is 53.1 Å². The van der Waals surface area contributed by atoms with E-state index in [1.807, 2.05) is 0 Å². The third-order valence-corrected chi connectivity index (χ3v) is 2.31. The van der Waals surface area contributed by atoms with Crippen LogP contribution in [0.25, 0.3) is 0 Å². The number of halogens is 1. The van der Waals surface area contributed by atoms with E-state index in [2.05, 4.69) is 9.97 Å². The Balaban J connectivity index is 2.40. The van der Waals surface area contributed by atoms with Crippen molar-refractivity contribution in [3.8, 4) is 0 Å². The monoisotopic (exact) mass is 233 g/mol. The van der Waals surface area contributed by atoms with Gasteiger partial charge in [0.25, 0.3) is 0 Å². The van der Waals surface area contributed by atoms with Gasteiger partial charge in [-0.1, -0.05) is 11.6 Å². The fraction of sp³-hybridized carbons (Fsp3) is 0. The molecule has 0 unspecified atom stereocenters. The average molecular weight is 234 g/mol. The van der Waals surface area contributed by atoms with Gasteiger partial charge in [-0.05, 0) is 18.2 Å². The third-order valence-electron chi connectivity index (χ3n) is 2.09. The molecule has 2 N–H and O–H groups in total. The predicted octanol–water partition coefficient (Wildman–Crippen LogP) is 1.94. The number of rotatable bonds is 2. The van der Waals surface area contributed by atoms with Crippen LogP contribution >= 0.6 is 11.6 Å². The minimum Gasteiger partial charge on any atom is -0.398 e. The summed E-state index contributed by atoms with van der Waals surface area (Å²) in [5, 5.41) is 0.343. The van der Waals surface area contributed by atoms with Crippen LogP contribution in [0.3, 0.4) is 0 Å². The average Bonchev–Trinajstić information content (AvgIpc) is 2.30. The van der Waals surface area contributed by atoms with Gasteiger partial charge in [0.2, 0.25) is 0 Å². The Hall–Kier alpha value is -1.94. The first-order valence-corrected chi connectivity index (χ1v) is 4.92. The smallest absolute Gasteiger partial charge is 0.198 e. The molecule has 0 atom stereocenters. The number of hydrogen-bond donors (Lipinski definition) is 1. The maximum absolute atomic E-state index is 12.0. The van der Waals surface area contributed by atoms with E-state index in [4.69, 9.17) is 17.3 Å². The van der Waals surface area contributed by atoms with E-state index in [9.17, 15) is 4.79 Å². The van der Waals surface area contributed by atoms with Crippen LogP contribution in [0.1, 0.15) is 15.9 Å². The van der Waals surface area contributed by atoms with Crippen LogP contribution in [-0.2, 0) is 0 Å². The molecule has 2 aromatic heterocycles. The quantitative estimate of drug-likeness (QED) is 0.636. The largest absolute Gasteiger partial charge is 0.398 e. The molecule has 0 bridgehead atoms. The van der Waals surface area contributed by atoms with Crippen LogP contribution in [-0.4, -0.2) is 15.8 Å². The lowest BCUT2D eigenvalue weighted by atomic mass is 10.1. The summed E-state index contributed by atoms with van der Waals surface area (Å²) in [5.41, 5.74) is 6.88. The molecule has 0 radical (unpaired) electrons. The Kier molecular flexibility index (Phi) is 2.83. The van der Waals surface area contributed by atoms with Crippen LogP contribution in [0.15, 0.2) is 36.8 Å². The normalized spacial score (nSPS) is 10.1. The topological polar surface area (TPSA) is 68.9 Å². The Morgan fingerprint density at radius 3 is 2.69 bits per heavy atom. The zero-order chi connectivity index (χ0) is 11.5. The minimum absolute atomic E-state index is 0.213. The molecule has 2 aromatic rings. The zero-order valence-electron chi connectivity index (χ0n) is 8.22. The molecule has 0 spiro atoms. The standard InChI is InChI=1S/C11H8ClN3O/c12-10-2-1-7(5-15-10)11(16)8-6-14-4-3-9(8)13/h1-6H,(H2,13,14). The number of carbonyl (C=O) groups excluding carboxylic acids is 1. The van der Waals surface area contributed by atoms with Crippen molar-refractivity contribution >= 4 is 23.1 Å². The summed E-state index contributed by atoms with van der Waals surface area (Å²) in [6, 6.07) is 4.74. The molecular formula is C11H8ClN3O. The lowest BCUT2D eigenvalue weighted by molar-refractivity contribution is 0.103. The predicted molar refractivity (Wildman–Crippen MR) is 61.3 cm³/mol. The number of ketones is 1. The van der Waals surface area contributed by atoms with Crippen molar-refractivity contribution in [1.82, 2.24) is 9.97 Å². The molecule has 2 rings (SSSR count). The number of anilines is 1. The summed E-state index contributed by atoms with van der Waals surface area (Å²) in [4.78, 5) is 19.7. The number of carbonyl (C=O) groups is 1. The zero-order valence-corrected chi connectivity index (χ0v) is 8.98. The molecule has 0 aliphatic carbocycles.